The van der Waals surface area contributed by atoms with Crippen molar-refractivity contribution in [1.82, 2.24) is 15.2 Å². The largest absolute Gasteiger partial charge is 0.350 e. The SMILES string of the molecule is Cc1cccc(-c2sc(C)nc2C(=O)N2C[C@H]3C[C@H]3[C@H]2CNC(=O)c2cccc(I)c2)c1. The number of likely N-dealkylation sites (tertiary alicyclic amines) is 1. The van der Waals surface area contributed by atoms with Crippen molar-refractivity contribution in [2.24, 2.45) is 11.8 Å². The molecule has 0 radical (unpaired) electrons. The summed E-state index contributed by atoms with van der Waals surface area (Å²) in [5, 5.41) is 3.95. The molecule has 1 aliphatic carbocycles. The number of aromatic nitrogens is 1. The van der Waals surface area contributed by atoms with E-state index < -0.39 is 0 Å². The molecule has 0 spiro atoms. The third kappa shape index (κ3) is 4.20. The van der Waals surface area contributed by atoms with Gasteiger partial charge in [0.1, 0.15) is 5.69 Å². The van der Waals surface area contributed by atoms with E-state index in [-0.39, 0.29) is 17.9 Å². The molecule has 3 aromatic rings. The van der Waals surface area contributed by atoms with E-state index in [1.54, 1.807) is 11.3 Å². The zero-order chi connectivity index (χ0) is 22.4. The number of nitrogens with zero attached hydrogens (tertiary/aromatic N) is 2. The Balaban J connectivity index is 1.36. The fourth-order valence-corrected chi connectivity index (χ4v) is 6.14. The fourth-order valence-electron chi connectivity index (χ4n) is 4.69. The zero-order valence-electron chi connectivity index (χ0n) is 18.0. The molecule has 2 fully saturated rings. The van der Waals surface area contributed by atoms with Gasteiger partial charge in [-0.2, -0.15) is 0 Å². The summed E-state index contributed by atoms with van der Waals surface area (Å²) in [6.45, 7) is 5.22. The van der Waals surface area contributed by atoms with Crippen LogP contribution in [-0.2, 0) is 0 Å². The molecule has 0 bridgehead atoms. The lowest BCUT2D eigenvalue weighted by molar-refractivity contribution is 0.0690. The second-order valence-electron chi connectivity index (χ2n) is 8.68. The lowest BCUT2D eigenvalue weighted by Gasteiger charge is -2.27. The number of aryl methyl sites for hydroxylation is 2. The van der Waals surface area contributed by atoms with Gasteiger partial charge < -0.3 is 10.2 Å². The molecule has 164 valence electrons. The first-order valence-corrected chi connectivity index (χ1v) is 12.7. The molecular weight excluding hydrogens is 533 g/mol. The summed E-state index contributed by atoms with van der Waals surface area (Å²) >= 11 is 3.77. The summed E-state index contributed by atoms with van der Waals surface area (Å²) in [4.78, 5) is 33.8. The Kier molecular flexibility index (Phi) is 5.79. The number of fused-ring (bicyclic) bond motifs is 1. The highest BCUT2D eigenvalue weighted by atomic mass is 127. The highest BCUT2D eigenvalue weighted by Crippen LogP contribution is 2.50. The van der Waals surface area contributed by atoms with E-state index in [1.165, 1.54) is 0 Å². The maximum atomic E-state index is 13.6. The highest BCUT2D eigenvalue weighted by Gasteiger charge is 2.54. The molecule has 1 saturated heterocycles. The van der Waals surface area contributed by atoms with Gasteiger partial charge in [0.05, 0.1) is 15.9 Å². The van der Waals surface area contributed by atoms with Crippen LogP contribution in [0.25, 0.3) is 10.4 Å². The predicted octanol–water partition coefficient (Wildman–Crippen LogP) is 4.92. The first-order valence-electron chi connectivity index (χ1n) is 10.8. The second kappa shape index (κ2) is 8.59. The monoisotopic (exact) mass is 557 g/mol. The number of carbonyl (C=O) groups is 2. The van der Waals surface area contributed by atoms with Gasteiger partial charge in [-0.3, -0.25) is 9.59 Å². The second-order valence-corrected chi connectivity index (χ2v) is 11.1. The van der Waals surface area contributed by atoms with E-state index in [0.29, 0.717) is 29.6 Å². The van der Waals surface area contributed by atoms with E-state index >= 15 is 0 Å². The maximum absolute atomic E-state index is 13.6. The van der Waals surface area contributed by atoms with Crippen LogP contribution in [-0.4, -0.2) is 40.8 Å². The van der Waals surface area contributed by atoms with E-state index in [9.17, 15) is 9.59 Å². The molecule has 2 amide bonds. The first-order chi connectivity index (χ1) is 15.4. The Morgan fingerprint density at radius 3 is 2.78 bits per heavy atom. The number of rotatable bonds is 5. The Morgan fingerprint density at radius 1 is 1.19 bits per heavy atom. The van der Waals surface area contributed by atoms with Gasteiger partial charge in [-0.1, -0.05) is 35.9 Å². The smallest absolute Gasteiger partial charge is 0.274 e. The number of benzene rings is 2. The van der Waals surface area contributed by atoms with Crippen LogP contribution in [0.1, 0.15) is 37.8 Å². The molecule has 2 aliphatic rings. The average molecular weight is 557 g/mol. The number of carbonyl (C=O) groups excluding carboxylic acids is 2. The molecule has 2 heterocycles. The lowest BCUT2D eigenvalue weighted by atomic mass is 10.1. The van der Waals surface area contributed by atoms with Crippen LogP contribution < -0.4 is 5.32 Å². The molecule has 5 rings (SSSR count). The fraction of sp³-hybridized carbons (Fsp3) is 0.320. The molecule has 3 atom stereocenters. The van der Waals surface area contributed by atoms with Gasteiger partial charge >= 0.3 is 0 Å². The van der Waals surface area contributed by atoms with Crippen LogP contribution in [0.5, 0.6) is 0 Å². The summed E-state index contributed by atoms with van der Waals surface area (Å²) in [5.74, 6) is 0.898. The Bertz CT molecular complexity index is 1210. The Labute approximate surface area is 205 Å². The Morgan fingerprint density at radius 2 is 2.00 bits per heavy atom. The standard InChI is InChI=1S/C25H24IN3O2S/c1-14-5-3-6-16(9-14)23-22(28-15(2)32-23)25(31)29-13-18-11-20(18)21(29)12-27-24(30)17-7-4-8-19(26)10-17/h3-10,18,20-21H,11-13H2,1-2H3,(H,27,30)/t18-,20-,21-/m1/s1. The Hall–Kier alpha value is -2.26. The van der Waals surface area contributed by atoms with Crippen molar-refractivity contribution < 1.29 is 9.59 Å². The van der Waals surface area contributed by atoms with E-state index in [1.807, 2.05) is 48.2 Å². The minimum Gasteiger partial charge on any atom is -0.350 e. The van der Waals surface area contributed by atoms with Gasteiger partial charge in [0.25, 0.3) is 11.8 Å². The number of amides is 2. The molecule has 1 N–H and O–H groups in total. The summed E-state index contributed by atoms with van der Waals surface area (Å²) in [6, 6.07) is 15.8. The maximum Gasteiger partial charge on any atom is 0.274 e. The van der Waals surface area contributed by atoms with E-state index in [0.717, 1.165) is 37.5 Å². The molecule has 5 nitrogen and oxygen atoms in total. The topological polar surface area (TPSA) is 62.3 Å². The van der Waals surface area contributed by atoms with Crippen molar-refractivity contribution in [1.29, 1.82) is 0 Å². The quantitative estimate of drug-likeness (QED) is 0.453. The predicted molar refractivity (Wildman–Crippen MR) is 135 cm³/mol. The van der Waals surface area contributed by atoms with Gasteiger partial charge in [-0.05, 0) is 78.5 Å². The first kappa shape index (κ1) is 21.6. The number of nitrogens with one attached hydrogen (secondary N) is 1. The van der Waals surface area contributed by atoms with Gasteiger partial charge in [0.2, 0.25) is 0 Å². The summed E-state index contributed by atoms with van der Waals surface area (Å²) in [7, 11) is 0. The van der Waals surface area contributed by atoms with Crippen LogP contribution in [0.3, 0.4) is 0 Å². The number of piperidine rings is 1. The molecule has 0 unspecified atom stereocenters. The number of hydrogen-bond donors (Lipinski definition) is 1. The summed E-state index contributed by atoms with van der Waals surface area (Å²) in [6.07, 6.45) is 1.13. The molecule has 1 saturated carbocycles. The van der Waals surface area contributed by atoms with E-state index in [2.05, 4.69) is 51.9 Å². The van der Waals surface area contributed by atoms with Gasteiger partial charge in [-0.15, -0.1) is 11.3 Å². The van der Waals surface area contributed by atoms with Gasteiger partial charge in [0.15, 0.2) is 0 Å². The zero-order valence-corrected chi connectivity index (χ0v) is 20.9. The van der Waals surface area contributed by atoms with Crippen LogP contribution in [0, 0.1) is 29.3 Å². The number of thiazole rings is 1. The van der Waals surface area contributed by atoms with Crippen LogP contribution in [0.15, 0.2) is 48.5 Å². The molecular formula is C25H24IN3O2S. The van der Waals surface area contributed by atoms with Crippen molar-refractivity contribution in [3.8, 4) is 10.4 Å². The normalized spacial score (nSPS) is 21.3. The summed E-state index contributed by atoms with van der Waals surface area (Å²) < 4.78 is 1.03. The van der Waals surface area contributed by atoms with Crippen LogP contribution in [0.2, 0.25) is 0 Å². The molecule has 32 heavy (non-hydrogen) atoms. The van der Waals surface area contributed by atoms with Crippen molar-refractivity contribution in [3.05, 3.63) is 73.9 Å². The third-order valence-corrected chi connectivity index (χ3v) is 8.03. The van der Waals surface area contributed by atoms with Crippen molar-refractivity contribution in [2.45, 2.75) is 26.3 Å². The molecule has 1 aromatic heterocycles. The van der Waals surface area contributed by atoms with Gasteiger partial charge in [-0.25, -0.2) is 4.98 Å². The molecule has 2 aromatic carbocycles. The lowest BCUT2D eigenvalue weighted by Crippen LogP contribution is -2.45. The summed E-state index contributed by atoms with van der Waals surface area (Å²) in [5.41, 5.74) is 3.38. The third-order valence-electron chi connectivity index (χ3n) is 6.34. The van der Waals surface area contributed by atoms with Crippen molar-refractivity contribution in [2.75, 3.05) is 13.1 Å². The van der Waals surface area contributed by atoms with Crippen LogP contribution in [0.4, 0.5) is 0 Å². The minimum atomic E-state index is -0.0926. The minimum absolute atomic E-state index is 0.0200. The molecule has 7 heteroatoms. The molecule has 1 aliphatic heterocycles. The van der Waals surface area contributed by atoms with Crippen LogP contribution >= 0.6 is 33.9 Å². The number of halogens is 1. The van der Waals surface area contributed by atoms with Crippen molar-refractivity contribution in [3.63, 3.8) is 0 Å². The highest BCUT2D eigenvalue weighted by molar-refractivity contribution is 14.1. The average Bonchev–Trinajstić information content (AvgIpc) is 3.28. The van der Waals surface area contributed by atoms with Gasteiger partial charge in [0, 0.05) is 22.2 Å². The van der Waals surface area contributed by atoms with Crippen molar-refractivity contribution >= 4 is 45.7 Å². The number of hydrogen-bond acceptors (Lipinski definition) is 4. The van der Waals surface area contributed by atoms with E-state index in [4.69, 9.17) is 0 Å².